The number of carbonyl (C=O) groups is 3. The number of hydrogen-bond donors (Lipinski definition) is 3. The fraction of sp³-hybridized carbons (Fsp3) is 0.667. The van der Waals surface area contributed by atoms with Crippen LogP contribution in [0.1, 0.15) is 362 Å². The number of guanidine groups is 6. The largest absolute Gasteiger partial charge is 0.459 e. The van der Waals surface area contributed by atoms with E-state index in [0.29, 0.717) is 33.8 Å². The van der Waals surface area contributed by atoms with Crippen LogP contribution in [0.15, 0.2) is 103 Å². The summed E-state index contributed by atoms with van der Waals surface area (Å²) in [5.41, 5.74) is 3.37. The summed E-state index contributed by atoms with van der Waals surface area (Å²) in [6.07, 6.45) is 52.0. The molecule has 16 nitrogen and oxygen atoms in total. The highest BCUT2D eigenvalue weighted by Gasteiger charge is 2.36. The van der Waals surface area contributed by atoms with Gasteiger partial charge in [0.05, 0.1) is 16.7 Å². The Morgan fingerprint density at radius 2 is 0.464 bits per heavy atom. The van der Waals surface area contributed by atoms with Crippen LogP contribution < -0.4 is 16.0 Å². The molecule has 3 aliphatic heterocycles. The van der Waals surface area contributed by atoms with Gasteiger partial charge < -0.3 is 30.2 Å². The highest BCUT2D eigenvalue weighted by atomic mass is 16.6. The van der Waals surface area contributed by atoms with Crippen LogP contribution in [0.5, 0.6) is 0 Å². The number of anilines is 3. The first-order valence-electron chi connectivity index (χ1n) is 39.2. The van der Waals surface area contributed by atoms with E-state index in [2.05, 4.69) is 57.5 Å². The quantitative estimate of drug-likeness (QED) is 0.0278. The summed E-state index contributed by atoms with van der Waals surface area (Å²) in [5.74, 6) is 0.300. The maximum atomic E-state index is 13.8. The maximum Gasteiger partial charge on any atom is 0.338 e. The number of nitrogens with one attached hydrogen (secondary N) is 3. The maximum absolute atomic E-state index is 13.8. The highest BCUT2D eigenvalue weighted by molar-refractivity contribution is 6.32. The third kappa shape index (κ3) is 31.8. The van der Waals surface area contributed by atoms with Gasteiger partial charge in [-0.05, 0) is 150 Å². The number of rotatable bonds is 54. The molecule has 0 bridgehead atoms. The van der Waals surface area contributed by atoms with Gasteiger partial charge in [0.25, 0.3) is 0 Å². The number of unbranched alkanes of at least 4 members (excludes halogenated alkanes) is 33. The molecule has 3 atom stereocenters. The molecule has 0 aliphatic carbocycles. The molecule has 0 radical (unpaired) electrons. The van der Waals surface area contributed by atoms with Gasteiger partial charge in [-0.1, -0.05) is 253 Å². The monoisotopic (exact) mass is 1330 g/mol. The smallest absolute Gasteiger partial charge is 0.338 e. The molecule has 3 unspecified atom stereocenters. The molecule has 0 saturated heterocycles. The standard InChI is InChI=1S/C81H126N10O6/c1-7-13-19-25-31-37-43-49-70(46-40-34-28-22-16-10-4)95-73(92)64-52-58-67(59-53-64)82-76-85-79-87-77(83-68-60-54-65(55-61-68)74(93)96-71(47-41-35-29-23-17-11-5)50-44-38-32-26-20-14-8-2)89-81-90-78(88-80(86-76)91(79)81)84-69-62-56-66(57-63-69)75(94)97-72(48-42-36-30-24-18-12-6)51-45-39-33-27-21-15-9-3/h52-63,70-72H,7-51H2,1-6H3,(H3,82,83,84,85,86,87,88,89,90). The minimum Gasteiger partial charge on any atom is -0.459 e. The van der Waals surface area contributed by atoms with E-state index in [9.17, 15) is 14.4 Å². The van der Waals surface area contributed by atoms with E-state index in [1.165, 1.54) is 173 Å². The van der Waals surface area contributed by atoms with Crippen molar-refractivity contribution in [3.63, 3.8) is 0 Å². The number of hydrogen-bond acceptors (Lipinski definition) is 16. The lowest BCUT2D eigenvalue weighted by Crippen LogP contribution is -2.49. The number of esters is 3. The fourth-order valence-corrected chi connectivity index (χ4v) is 12.8. The zero-order chi connectivity index (χ0) is 68.8. The third-order valence-corrected chi connectivity index (χ3v) is 18.8. The van der Waals surface area contributed by atoms with Crippen molar-refractivity contribution < 1.29 is 28.6 Å². The number of carbonyl (C=O) groups excluding carboxylic acids is 3. The van der Waals surface area contributed by atoms with Gasteiger partial charge in [-0.3, -0.25) is 0 Å². The summed E-state index contributed by atoms with van der Waals surface area (Å²) in [5, 5.41) is 9.99. The average Bonchev–Trinajstić information content (AvgIpc) is 0.760. The van der Waals surface area contributed by atoms with Crippen molar-refractivity contribution in [3.8, 4) is 0 Å². The average molecular weight is 1340 g/mol. The zero-order valence-corrected chi connectivity index (χ0v) is 61.1. The molecule has 536 valence electrons. The van der Waals surface area contributed by atoms with Crippen molar-refractivity contribution in [2.75, 3.05) is 16.0 Å². The lowest BCUT2D eigenvalue weighted by atomic mass is 10.0. The van der Waals surface area contributed by atoms with E-state index in [-0.39, 0.29) is 72.0 Å². The van der Waals surface area contributed by atoms with E-state index in [4.69, 9.17) is 44.2 Å². The van der Waals surface area contributed by atoms with Gasteiger partial charge in [0.2, 0.25) is 35.8 Å². The Morgan fingerprint density at radius 1 is 0.278 bits per heavy atom. The first kappa shape index (κ1) is 79.3. The van der Waals surface area contributed by atoms with E-state index in [1.54, 1.807) is 41.3 Å². The first-order chi connectivity index (χ1) is 47.6. The predicted molar refractivity (Wildman–Crippen MR) is 406 cm³/mol. The Hall–Kier alpha value is -6.71. The van der Waals surface area contributed by atoms with Crippen molar-refractivity contribution in [2.24, 2.45) is 30.0 Å². The van der Waals surface area contributed by atoms with Gasteiger partial charge in [-0.15, -0.1) is 0 Å². The molecule has 3 aromatic rings. The Kier molecular flexibility index (Phi) is 40.0. The molecular formula is C81H126N10O6. The van der Waals surface area contributed by atoms with Crippen LogP contribution in [0, 0.1) is 0 Å². The van der Waals surface area contributed by atoms with Crippen LogP contribution in [-0.2, 0) is 14.2 Å². The normalized spacial score (nSPS) is 14.2. The topological polar surface area (TPSA) is 192 Å². The predicted octanol–water partition coefficient (Wildman–Crippen LogP) is 23.1. The van der Waals surface area contributed by atoms with Gasteiger partial charge in [-0.2, -0.15) is 30.0 Å². The molecule has 3 aromatic carbocycles. The molecular weight excluding hydrogens is 1210 g/mol. The van der Waals surface area contributed by atoms with E-state index < -0.39 is 0 Å². The second kappa shape index (κ2) is 48.9. The summed E-state index contributed by atoms with van der Waals surface area (Å²) >= 11 is 0. The van der Waals surface area contributed by atoms with Crippen LogP contribution in [-0.4, -0.2) is 76.9 Å². The molecule has 0 aromatic heterocycles. The highest BCUT2D eigenvalue weighted by Crippen LogP contribution is 2.26. The van der Waals surface area contributed by atoms with Gasteiger partial charge >= 0.3 is 17.9 Å². The van der Waals surface area contributed by atoms with Crippen LogP contribution >= 0.6 is 0 Å². The molecule has 97 heavy (non-hydrogen) atoms. The van der Waals surface area contributed by atoms with Crippen molar-refractivity contribution in [1.29, 1.82) is 0 Å². The van der Waals surface area contributed by atoms with E-state index in [0.717, 1.165) is 116 Å². The molecule has 3 heterocycles. The second-order valence-electron chi connectivity index (χ2n) is 27.5. The van der Waals surface area contributed by atoms with Crippen molar-refractivity contribution in [3.05, 3.63) is 89.5 Å². The van der Waals surface area contributed by atoms with Gasteiger partial charge in [0, 0.05) is 17.1 Å². The summed E-state index contributed by atoms with van der Waals surface area (Å²) in [6, 6.07) is 21.6. The molecule has 0 fully saturated rings. The molecule has 0 spiro atoms. The number of benzene rings is 3. The summed E-state index contributed by atoms with van der Waals surface area (Å²) < 4.78 is 18.8. The Labute approximate surface area is 585 Å². The SMILES string of the molecule is CCCCCCCCCC(CCCCCCCC)OC(=O)c1ccc(NC2=NC3=NC(Nc4ccc(C(=O)OC(CCCCCCCC)CCCCCCCCC)cc4)=NC4=NC(Nc5ccc(C(=O)OC(CCCCCCCC)CCCCCCCCC)cc5)=NC(=N2)N34)cc1. The molecule has 0 saturated carbocycles. The van der Waals surface area contributed by atoms with Crippen LogP contribution in [0.3, 0.4) is 0 Å². The Balaban J connectivity index is 1.18. The molecule has 0 amide bonds. The fourth-order valence-electron chi connectivity index (χ4n) is 12.8. The number of nitrogens with zero attached hydrogens (tertiary/aromatic N) is 7. The number of aliphatic imine (C=N–C) groups is 6. The van der Waals surface area contributed by atoms with E-state index in [1.807, 2.05) is 36.4 Å². The molecule has 3 N–H and O–H groups in total. The van der Waals surface area contributed by atoms with Crippen LogP contribution in [0.2, 0.25) is 0 Å². The number of ether oxygens (including phenoxy) is 3. The summed E-state index contributed by atoms with van der Waals surface area (Å²) in [4.78, 5) is 72.0. The minimum atomic E-state index is -0.317. The lowest BCUT2D eigenvalue weighted by molar-refractivity contribution is 0.0239. The summed E-state index contributed by atoms with van der Waals surface area (Å²) in [7, 11) is 0. The second-order valence-corrected chi connectivity index (χ2v) is 27.5. The van der Waals surface area contributed by atoms with Gasteiger partial charge in [0.15, 0.2) is 0 Å². The van der Waals surface area contributed by atoms with Gasteiger partial charge in [-0.25, -0.2) is 19.3 Å². The summed E-state index contributed by atoms with van der Waals surface area (Å²) in [6.45, 7) is 13.5. The van der Waals surface area contributed by atoms with Crippen molar-refractivity contribution >= 4 is 70.7 Å². The van der Waals surface area contributed by atoms with Crippen LogP contribution in [0.4, 0.5) is 17.1 Å². The van der Waals surface area contributed by atoms with Crippen molar-refractivity contribution in [2.45, 2.75) is 349 Å². The molecule has 3 aliphatic rings. The van der Waals surface area contributed by atoms with Crippen LogP contribution in [0.25, 0.3) is 0 Å². The zero-order valence-electron chi connectivity index (χ0n) is 61.1. The minimum absolute atomic E-state index is 0.111. The lowest BCUT2D eigenvalue weighted by Gasteiger charge is -2.30. The van der Waals surface area contributed by atoms with E-state index >= 15 is 0 Å². The van der Waals surface area contributed by atoms with Gasteiger partial charge in [0.1, 0.15) is 18.3 Å². The molecule has 16 heteroatoms. The molecule has 6 rings (SSSR count). The third-order valence-electron chi connectivity index (χ3n) is 18.8. The Bertz CT molecular complexity index is 2580. The first-order valence-corrected chi connectivity index (χ1v) is 39.2. The van der Waals surface area contributed by atoms with Crippen molar-refractivity contribution in [1.82, 2.24) is 4.90 Å². The Morgan fingerprint density at radius 3 is 0.660 bits per heavy atom.